The second kappa shape index (κ2) is 7.49. The molecule has 2 aromatic carbocycles. The molecule has 0 aliphatic rings. The van der Waals surface area contributed by atoms with Gasteiger partial charge in [0.25, 0.3) is 5.91 Å². The van der Waals surface area contributed by atoms with Gasteiger partial charge in [-0.25, -0.2) is 0 Å². The van der Waals surface area contributed by atoms with Gasteiger partial charge in [-0.05, 0) is 43.5 Å². The maximum Gasteiger partial charge on any atom is 0.303 e. The van der Waals surface area contributed by atoms with Crippen molar-refractivity contribution in [2.45, 2.75) is 32.2 Å². The Hall–Kier alpha value is -2.33. The second-order valence-electron chi connectivity index (χ2n) is 6.29. The minimum atomic E-state index is -0.888. The lowest BCUT2D eigenvalue weighted by atomic mass is 9.97. The fourth-order valence-corrected chi connectivity index (χ4v) is 2.57. The number of carbonyl (C=O) groups is 2. The van der Waals surface area contributed by atoms with Gasteiger partial charge in [-0.2, -0.15) is 0 Å². The van der Waals surface area contributed by atoms with Gasteiger partial charge in [0, 0.05) is 12.0 Å². The third-order valence-electron chi connectivity index (χ3n) is 3.73. The van der Waals surface area contributed by atoms with E-state index in [1.807, 2.05) is 36.4 Å². The normalized spacial score (nSPS) is 11.1. The van der Waals surface area contributed by atoms with E-state index in [2.05, 4.69) is 5.32 Å². The van der Waals surface area contributed by atoms with Crippen molar-refractivity contribution in [1.82, 2.24) is 5.32 Å². The number of hydrogen-bond donors (Lipinski definition) is 2. The second-order valence-corrected chi connectivity index (χ2v) is 6.70. The summed E-state index contributed by atoms with van der Waals surface area (Å²) in [6, 6.07) is 15.0. The largest absolute Gasteiger partial charge is 0.481 e. The lowest BCUT2D eigenvalue weighted by Crippen LogP contribution is -2.43. The number of hydrogen-bond acceptors (Lipinski definition) is 2. The minimum absolute atomic E-state index is 0.00886. The predicted octanol–water partition coefficient (Wildman–Crippen LogP) is 4.38. The smallest absolute Gasteiger partial charge is 0.303 e. The first-order valence-corrected chi connectivity index (χ1v) is 8.05. The van der Waals surface area contributed by atoms with E-state index < -0.39 is 11.5 Å². The van der Waals surface area contributed by atoms with Crippen LogP contribution in [0.3, 0.4) is 0 Å². The quantitative estimate of drug-likeness (QED) is 0.816. The molecular formula is C19H20ClNO3. The zero-order valence-electron chi connectivity index (χ0n) is 13.7. The van der Waals surface area contributed by atoms with Crippen molar-refractivity contribution in [2.24, 2.45) is 0 Å². The lowest BCUT2D eigenvalue weighted by molar-refractivity contribution is -0.137. The molecule has 0 saturated heterocycles. The molecule has 126 valence electrons. The predicted molar refractivity (Wildman–Crippen MR) is 95.3 cm³/mol. The summed E-state index contributed by atoms with van der Waals surface area (Å²) in [6.07, 6.45) is 0.329. The van der Waals surface area contributed by atoms with E-state index in [9.17, 15) is 9.59 Å². The fraction of sp³-hybridized carbons (Fsp3) is 0.263. The Balaban J connectivity index is 2.21. The number of amides is 1. The van der Waals surface area contributed by atoms with Crippen molar-refractivity contribution in [3.05, 3.63) is 59.1 Å². The Morgan fingerprint density at radius 3 is 2.38 bits per heavy atom. The van der Waals surface area contributed by atoms with E-state index in [0.717, 1.165) is 11.1 Å². The highest BCUT2D eigenvalue weighted by molar-refractivity contribution is 6.34. The molecule has 0 aliphatic heterocycles. The molecule has 4 nitrogen and oxygen atoms in total. The van der Waals surface area contributed by atoms with E-state index in [0.29, 0.717) is 17.0 Å². The van der Waals surface area contributed by atoms with Gasteiger partial charge in [0.2, 0.25) is 0 Å². The minimum Gasteiger partial charge on any atom is -0.481 e. The van der Waals surface area contributed by atoms with Gasteiger partial charge in [-0.15, -0.1) is 0 Å². The first kappa shape index (κ1) is 18.0. The highest BCUT2D eigenvalue weighted by Crippen LogP contribution is 2.26. The third-order valence-corrected chi connectivity index (χ3v) is 4.06. The summed E-state index contributed by atoms with van der Waals surface area (Å²) in [5, 5.41) is 12.0. The monoisotopic (exact) mass is 345 g/mol. The van der Waals surface area contributed by atoms with Crippen LogP contribution >= 0.6 is 11.6 Å². The lowest BCUT2D eigenvalue weighted by Gasteiger charge is -2.26. The molecule has 0 unspecified atom stereocenters. The fourth-order valence-electron chi connectivity index (χ4n) is 2.37. The van der Waals surface area contributed by atoms with Crippen LogP contribution in [0.2, 0.25) is 5.02 Å². The van der Waals surface area contributed by atoms with Gasteiger partial charge in [-0.1, -0.05) is 48.0 Å². The SMILES string of the molecule is CC(C)(CCC(=O)O)NC(=O)c1cc(-c2ccccc2)ccc1Cl. The van der Waals surface area contributed by atoms with Crippen LogP contribution in [-0.2, 0) is 4.79 Å². The number of rotatable bonds is 6. The molecule has 5 heteroatoms. The summed E-state index contributed by atoms with van der Waals surface area (Å²) in [6.45, 7) is 3.59. The zero-order valence-corrected chi connectivity index (χ0v) is 14.4. The van der Waals surface area contributed by atoms with Crippen molar-refractivity contribution in [3.63, 3.8) is 0 Å². The average Bonchev–Trinajstić information content (AvgIpc) is 2.54. The molecule has 0 aliphatic carbocycles. The number of halogens is 1. The Morgan fingerprint density at radius 2 is 1.75 bits per heavy atom. The van der Waals surface area contributed by atoms with Gasteiger partial charge >= 0.3 is 5.97 Å². The van der Waals surface area contributed by atoms with Gasteiger partial charge in [0.15, 0.2) is 0 Å². The molecule has 0 spiro atoms. The summed E-state index contributed by atoms with van der Waals surface area (Å²) < 4.78 is 0. The number of carboxylic acid groups (broad SMARTS) is 1. The molecule has 0 saturated carbocycles. The molecule has 0 fully saturated rings. The van der Waals surface area contributed by atoms with E-state index >= 15 is 0 Å². The molecule has 2 N–H and O–H groups in total. The first-order valence-electron chi connectivity index (χ1n) is 7.68. The first-order chi connectivity index (χ1) is 11.3. The summed E-state index contributed by atoms with van der Waals surface area (Å²) >= 11 is 6.18. The van der Waals surface area contributed by atoms with Crippen molar-refractivity contribution in [1.29, 1.82) is 0 Å². The van der Waals surface area contributed by atoms with Crippen molar-refractivity contribution < 1.29 is 14.7 Å². The van der Waals surface area contributed by atoms with Crippen LogP contribution < -0.4 is 5.32 Å². The van der Waals surface area contributed by atoms with E-state index in [4.69, 9.17) is 16.7 Å². The third kappa shape index (κ3) is 4.83. The van der Waals surface area contributed by atoms with Crippen LogP contribution in [0, 0.1) is 0 Å². The molecular weight excluding hydrogens is 326 g/mol. The summed E-state index contributed by atoms with van der Waals surface area (Å²) in [4.78, 5) is 23.3. The molecule has 0 aromatic heterocycles. The summed E-state index contributed by atoms with van der Waals surface area (Å²) in [5.41, 5.74) is 1.63. The summed E-state index contributed by atoms with van der Waals surface area (Å²) in [5.74, 6) is -1.20. The maximum absolute atomic E-state index is 12.6. The average molecular weight is 346 g/mol. The van der Waals surface area contributed by atoms with Crippen LogP contribution in [0.25, 0.3) is 11.1 Å². The Labute approximate surface area is 146 Å². The molecule has 24 heavy (non-hydrogen) atoms. The van der Waals surface area contributed by atoms with Crippen LogP contribution in [0.1, 0.15) is 37.0 Å². The maximum atomic E-state index is 12.6. The zero-order chi connectivity index (χ0) is 17.7. The van der Waals surface area contributed by atoms with Crippen molar-refractivity contribution in [2.75, 3.05) is 0 Å². The van der Waals surface area contributed by atoms with E-state index in [1.165, 1.54) is 0 Å². The molecule has 0 heterocycles. The molecule has 1 amide bonds. The highest BCUT2D eigenvalue weighted by Gasteiger charge is 2.23. The number of carboxylic acids is 1. The molecule has 0 bridgehead atoms. The number of aliphatic carboxylic acids is 1. The Bertz CT molecular complexity index is 742. The molecule has 0 radical (unpaired) electrons. The number of nitrogens with one attached hydrogen (secondary N) is 1. The molecule has 2 aromatic rings. The van der Waals surface area contributed by atoms with Crippen LogP contribution in [0.15, 0.2) is 48.5 Å². The van der Waals surface area contributed by atoms with Gasteiger partial charge in [0.1, 0.15) is 0 Å². The Morgan fingerprint density at radius 1 is 1.08 bits per heavy atom. The summed E-state index contributed by atoms with van der Waals surface area (Å²) in [7, 11) is 0. The van der Waals surface area contributed by atoms with Crippen molar-refractivity contribution in [3.8, 4) is 11.1 Å². The van der Waals surface area contributed by atoms with Crippen LogP contribution in [0.4, 0.5) is 0 Å². The van der Waals surface area contributed by atoms with Gasteiger partial charge in [0.05, 0.1) is 10.6 Å². The van der Waals surface area contributed by atoms with Crippen LogP contribution in [0.5, 0.6) is 0 Å². The highest BCUT2D eigenvalue weighted by atomic mass is 35.5. The molecule has 0 atom stereocenters. The van der Waals surface area contributed by atoms with E-state index in [1.54, 1.807) is 26.0 Å². The Kier molecular flexibility index (Phi) is 5.62. The van der Waals surface area contributed by atoms with E-state index in [-0.39, 0.29) is 12.3 Å². The number of carbonyl (C=O) groups excluding carboxylic acids is 1. The standard InChI is InChI=1S/C19H20ClNO3/c1-19(2,11-10-17(22)23)21-18(24)15-12-14(8-9-16(15)20)13-6-4-3-5-7-13/h3-9,12H,10-11H2,1-2H3,(H,21,24)(H,22,23). The van der Waals surface area contributed by atoms with Crippen molar-refractivity contribution >= 4 is 23.5 Å². The molecule has 2 rings (SSSR count). The van der Waals surface area contributed by atoms with Crippen LogP contribution in [-0.4, -0.2) is 22.5 Å². The number of benzene rings is 2. The van der Waals surface area contributed by atoms with Gasteiger partial charge < -0.3 is 10.4 Å². The topological polar surface area (TPSA) is 66.4 Å². The van der Waals surface area contributed by atoms with Gasteiger partial charge in [-0.3, -0.25) is 9.59 Å².